The van der Waals surface area contributed by atoms with Crippen LogP contribution in [0.2, 0.25) is 5.28 Å². The monoisotopic (exact) mass is 297 g/mol. The SMILES string of the molecule is CCCCC(CC)CNc1nc(Cl)nc2sccc12. The Kier molecular flexibility index (Phi) is 5.40. The highest BCUT2D eigenvalue weighted by molar-refractivity contribution is 7.16. The number of fused-ring (bicyclic) bond motifs is 1. The van der Waals surface area contributed by atoms with Crippen LogP contribution in [0.1, 0.15) is 39.5 Å². The van der Waals surface area contributed by atoms with Crippen LogP contribution in [0.3, 0.4) is 0 Å². The molecule has 2 rings (SSSR count). The molecule has 3 nitrogen and oxygen atoms in total. The van der Waals surface area contributed by atoms with Gasteiger partial charge in [-0.1, -0.05) is 33.1 Å². The Balaban J connectivity index is 2.06. The van der Waals surface area contributed by atoms with E-state index < -0.39 is 0 Å². The summed E-state index contributed by atoms with van der Waals surface area (Å²) in [6.45, 7) is 5.43. The number of hydrogen-bond donors (Lipinski definition) is 1. The number of hydrogen-bond acceptors (Lipinski definition) is 4. The molecular formula is C14H20ClN3S. The third-order valence-corrected chi connectivity index (χ3v) is 4.37. The molecule has 1 N–H and O–H groups in total. The van der Waals surface area contributed by atoms with E-state index in [4.69, 9.17) is 11.6 Å². The first-order valence-corrected chi connectivity index (χ1v) is 8.15. The van der Waals surface area contributed by atoms with Gasteiger partial charge in [-0.25, -0.2) is 9.97 Å². The van der Waals surface area contributed by atoms with Crippen molar-refractivity contribution in [1.82, 2.24) is 9.97 Å². The molecule has 0 bridgehead atoms. The molecule has 2 heterocycles. The van der Waals surface area contributed by atoms with Gasteiger partial charge in [-0.15, -0.1) is 11.3 Å². The first kappa shape index (κ1) is 14.5. The molecule has 2 aromatic rings. The van der Waals surface area contributed by atoms with Crippen molar-refractivity contribution in [3.05, 3.63) is 16.7 Å². The van der Waals surface area contributed by atoms with Crippen molar-refractivity contribution in [2.45, 2.75) is 39.5 Å². The van der Waals surface area contributed by atoms with Crippen molar-refractivity contribution in [1.29, 1.82) is 0 Å². The summed E-state index contributed by atoms with van der Waals surface area (Å²) in [5, 5.41) is 6.86. The van der Waals surface area contributed by atoms with Crippen molar-refractivity contribution < 1.29 is 0 Å². The lowest BCUT2D eigenvalue weighted by Gasteiger charge is -2.16. The zero-order chi connectivity index (χ0) is 13.7. The molecule has 0 radical (unpaired) electrons. The van der Waals surface area contributed by atoms with E-state index >= 15 is 0 Å². The number of anilines is 1. The van der Waals surface area contributed by atoms with Crippen LogP contribution in [0, 0.1) is 5.92 Å². The number of aromatic nitrogens is 2. The highest BCUT2D eigenvalue weighted by atomic mass is 35.5. The van der Waals surface area contributed by atoms with Gasteiger partial charge >= 0.3 is 0 Å². The second-order valence-electron chi connectivity index (χ2n) is 4.78. The molecule has 0 aliphatic carbocycles. The lowest BCUT2D eigenvalue weighted by atomic mass is 9.99. The lowest BCUT2D eigenvalue weighted by molar-refractivity contribution is 0.472. The van der Waals surface area contributed by atoms with Crippen molar-refractivity contribution in [3.8, 4) is 0 Å². The van der Waals surface area contributed by atoms with E-state index in [1.54, 1.807) is 11.3 Å². The minimum atomic E-state index is 0.319. The van der Waals surface area contributed by atoms with E-state index in [0.717, 1.165) is 22.6 Å². The Bertz CT molecular complexity index is 526. The second-order valence-corrected chi connectivity index (χ2v) is 6.01. The summed E-state index contributed by atoms with van der Waals surface area (Å²) in [5.41, 5.74) is 0. The summed E-state index contributed by atoms with van der Waals surface area (Å²) in [7, 11) is 0. The number of unbranched alkanes of at least 4 members (excludes halogenated alkanes) is 1. The van der Waals surface area contributed by atoms with Crippen LogP contribution >= 0.6 is 22.9 Å². The van der Waals surface area contributed by atoms with Gasteiger partial charge in [0.25, 0.3) is 0 Å². The summed E-state index contributed by atoms with van der Waals surface area (Å²) in [4.78, 5) is 9.48. The van der Waals surface area contributed by atoms with E-state index in [2.05, 4.69) is 29.1 Å². The van der Waals surface area contributed by atoms with E-state index in [-0.39, 0.29) is 0 Å². The standard InChI is InChI=1S/C14H20ClN3S/c1-3-5-6-10(4-2)9-16-12-11-7-8-19-13(11)18-14(15)17-12/h7-8,10H,3-6,9H2,1-2H3,(H,16,17,18). The molecule has 104 valence electrons. The number of nitrogens with one attached hydrogen (secondary N) is 1. The predicted molar refractivity (Wildman–Crippen MR) is 84.2 cm³/mol. The molecule has 0 aliphatic heterocycles. The third-order valence-electron chi connectivity index (χ3n) is 3.40. The van der Waals surface area contributed by atoms with Crippen LogP contribution in [0.4, 0.5) is 5.82 Å². The van der Waals surface area contributed by atoms with Gasteiger partial charge in [-0.05, 0) is 35.4 Å². The molecule has 0 saturated carbocycles. The van der Waals surface area contributed by atoms with Crippen LogP contribution in [-0.2, 0) is 0 Å². The van der Waals surface area contributed by atoms with Gasteiger partial charge in [-0.3, -0.25) is 0 Å². The quantitative estimate of drug-likeness (QED) is 0.733. The third kappa shape index (κ3) is 3.80. The van der Waals surface area contributed by atoms with Gasteiger partial charge in [0.2, 0.25) is 5.28 Å². The molecule has 0 aliphatic rings. The molecule has 2 aromatic heterocycles. The van der Waals surface area contributed by atoms with Crippen LogP contribution in [0.15, 0.2) is 11.4 Å². The summed E-state index contributed by atoms with van der Waals surface area (Å²) in [6, 6.07) is 2.05. The van der Waals surface area contributed by atoms with Gasteiger partial charge in [0.1, 0.15) is 10.6 Å². The highest BCUT2D eigenvalue weighted by Crippen LogP contribution is 2.26. The molecule has 0 spiro atoms. The normalized spacial score (nSPS) is 12.8. The predicted octanol–water partition coefficient (Wildman–Crippen LogP) is 4.97. The number of thiophene rings is 1. The van der Waals surface area contributed by atoms with Crippen molar-refractivity contribution in [2.75, 3.05) is 11.9 Å². The average molecular weight is 298 g/mol. The van der Waals surface area contributed by atoms with Gasteiger partial charge in [0, 0.05) is 6.54 Å². The molecular weight excluding hydrogens is 278 g/mol. The minimum Gasteiger partial charge on any atom is -0.369 e. The maximum atomic E-state index is 5.96. The zero-order valence-corrected chi connectivity index (χ0v) is 13.0. The molecule has 19 heavy (non-hydrogen) atoms. The second kappa shape index (κ2) is 7.06. The molecule has 5 heteroatoms. The molecule has 1 atom stereocenters. The Morgan fingerprint density at radius 1 is 1.37 bits per heavy atom. The van der Waals surface area contributed by atoms with Gasteiger partial charge < -0.3 is 5.32 Å². The molecule has 0 aromatic carbocycles. The number of rotatable bonds is 7. The Morgan fingerprint density at radius 2 is 2.21 bits per heavy atom. The lowest BCUT2D eigenvalue weighted by Crippen LogP contribution is -2.14. The smallest absolute Gasteiger partial charge is 0.225 e. The van der Waals surface area contributed by atoms with E-state index in [0.29, 0.717) is 11.2 Å². The minimum absolute atomic E-state index is 0.319. The average Bonchev–Trinajstić information content (AvgIpc) is 2.86. The Labute approximate surface area is 123 Å². The van der Waals surface area contributed by atoms with Gasteiger partial charge in [0.15, 0.2) is 0 Å². The largest absolute Gasteiger partial charge is 0.369 e. The van der Waals surface area contributed by atoms with Gasteiger partial charge in [-0.2, -0.15) is 0 Å². The molecule has 0 fully saturated rings. The fourth-order valence-electron chi connectivity index (χ4n) is 2.15. The van der Waals surface area contributed by atoms with E-state index in [9.17, 15) is 0 Å². The zero-order valence-electron chi connectivity index (χ0n) is 11.4. The summed E-state index contributed by atoms with van der Waals surface area (Å²) in [6.07, 6.45) is 5.01. The van der Waals surface area contributed by atoms with Crippen molar-refractivity contribution in [2.24, 2.45) is 5.92 Å². The maximum Gasteiger partial charge on any atom is 0.225 e. The fourth-order valence-corrected chi connectivity index (χ4v) is 3.13. The van der Waals surface area contributed by atoms with Crippen LogP contribution in [0.25, 0.3) is 10.2 Å². The molecule has 1 unspecified atom stereocenters. The van der Waals surface area contributed by atoms with Crippen molar-refractivity contribution >= 4 is 39.0 Å². The number of nitrogens with zero attached hydrogens (tertiary/aromatic N) is 2. The van der Waals surface area contributed by atoms with Crippen LogP contribution in [-0.4, -0.2) is 16.5 Å². The molecule has 0 amide bonds. The Hall–Kier alpha value is -0.870. The summed E-state index contributed by atoms with van der Waals surface area (Å²) < 4.78 is 0. The van der Waals surface area contributed by atoms with Crippen LogP contribution < -0.4 is 5.32 Å². The highest BCUT2D eigenvalue weighted by Gasteiger charge is 2.10. The Morgan fingerprint density at radius 3 is 2.95 bits per heavy atom. The van der Waals surface area contributed by atoms with Gasteiger partial charge in [0.05, 0.1) is 5.39 Å². The first-order valence-electron chi connectivity index (χ1n) is 6.89. The van der Waals surface area contributed by atoms with Crippen LogP contribution in [0.5, 0.6) is 0 Å². The molecule has 0 saturated heterocycles. The fraction of sp³-hybridized carbons (Fsp3) is 0.571. The summed E-state index contributed by atoms with van der Waals surface area (Å²) in [5.74, 6) is 1.56. The number of halogens is 1. The summed E-state index contributed by atoms with van der Waals surface area (Å²) >= 11 is 7.55. The van der Waals surface area contributed by atoms with E-state index in [1.165, 1.54) is 25.7 Å². The van der Waals surface area contributed by atoms with Crippen molar-refractivity contribution in [3.63, 3.8) is 0 Å². The first-order chi connectivity index (χ1) is 9.24. The topological polar surface area (TPSA) is 37.8 Å². The maximum absolute atomic E-state index is 5.96. The van der Waals surface area contributed by atoms with E-state index in [1.807, 2.05) is 11.4 Å².